The first-order valence-electron chi connectivity index (χ1n) is 11.0. The van der Waals surface area contributed by atoms with Crippen molar-refractivity contribution in [3.8, 4) is 11.1 Å². The third kappa shape index (κ3) is 4.11. The number of esters is 1. The fourth-order valence-corrected chi connectivity index (χ4v) is 4.87. The Bertz CT molecular complexity index is 1010. The molecule has 4 rings (SSSR count). The Morgan fingerprint density at radius 3 is 2.39 bits per heavy atom. The van der Waals surface area contributed by atoms with Crippen LogP contribution in [0.4, 0.5) is 0 Å². The van der Waals surface area contributed by atoms with Crippen molar-refractivity contribution >= 4 is 23.1 Å². The normalized spacial score (nSPS) is 23.5. The number of aliphatic hydroxyl groups is 1. The smallest absolute Gasteiger partial charge is 0.343 e. The Balaban J connectivity index is 1.69. The quantitative estimate of drug-likeness (QED) is 0.535. The average Bonchev–Trinajstić information content (AvgIpc) is 2.98. The zero-order chi connectivity index (χ0) is 22.2. The molecule has 31 heavy (non-hydrogen) atoms. The lowest BCUT2D eigenvalue weighted by atomic mass is 9.80. The maximum atomic E-state index is 13.0. The number of aryl methyl sites for hydroxylation is 2. The number of hydrogen-bond acceptors (Lipinski definition) is 4. The molecule has 0 aromatic heterocycles. The highest BCUT2D eigenvalue weighted by atomic mass is 35.5. The topological polar surface area (TPSA) is 55.8 Å². The van der Waals surface area contributed by atoms with Crippen molar-refractivity contribution in [3.05, 3.63) is 63.9 Å². The van der Waals surface area contributed by atoms with Crippen LogP contribution in [0.15, 0.2) is 42.2 Å². The molecule has 0 atom stereocenters. The summed E-state index contributed by atoms with van der Waals surface area (Å²) in [5, 5.41) is 11.9. The number of carbonyl (C=O) groups is 1. The standard InChI is InChI=1S/C26H29ClO4/c1-4-13-30-20-9-11-26(12-10-20)24(28)23(25(29)31-26)22-15-21(16(2)14-17(22)3)18-5-7-19(27)8-6-18/h5-8,14-15,20,28H,4,9-13H2,1-3H3. The van der Waals surface area contributed by atoms with Gasteiger partial charge in [-0.3, -0.25) is 0 Å². The highest BCUT2D eigenvalue weighted by Gasteiger charge is 2.50. The van der Waals surface area contributed by atoms with E-state index in [1.165, 1.54) is 0 Å². The van der Waals surface area contributed by atoms with Gasteiger partial charge in [0, 0.05) is 11.6 Å². The molecule has 1 fully saturated rings. The summed E-state index contributed by atoms with van der Waals surface area (Å²) in [5.74, 6) is -0.375. The van der Waals surface area contributed by atoms with E-state index >= 15 is 0 Å². The summed E-state index contributed by atoms with van der Waals surface area (Å²) in [5.41, 5.74) is 4.14. The highest BCUT2D eigenvalue weighted by molar-refractivity contribution is 6.30. The number of ether oxygens (including phenoxy) is 2. The van der Waals surface area contributed by atoms with E-state index in [1.807, 2.05) is 50.2 Å². The molecule has 1 spiro atoms. The molecular weight excluding hydrogens is 412 g/mol. The second kappa shape index (κ2) is 8.68. The minimum Gasteiger partial charge on any atom is -0.507 e. The van der Waals surface area contributed by atoms with Gasteiger partial charge in [0.05, 0.1) is 6.10 Å². The van der Waals surface area contributed by atoms with E-state index in [0.717, 1.165) is 53.7 Å². The van der Waals surface area contributed by atoms with Crippen molar-refractivity contribution in [2.45, 2.75) is 64.6 Å². The maximum Gasteiger partial charge on any atom is 0.343 e. The van der Waals surface area contributed by atoms with Crippen LogP contribution in [0, 0.1) is 13.8 Å². The molecule has 0 bridgehead atoms. The molecule has 0 unspecified atom stereocenters. The molecule has 1 aliphatic carbocycles. The number of hydrogen-bond donors (Lipinski definition) is 1. The number of benzene rings is 2. The largest absolute Gasteiger partial charge is 0.507 e. The van der Waals surface area contributed by atoms with Gasteiger partial charge in [0.2, 0.25) is 0 Å². The van der Waals surface area contributed by atoms with Gasteiger partial charge >= 0.3 is 5.97 Å². The third-order valence-electron chi connectivity index (χ3n) is 6.45. The van der Waals surface area contributed by atoms with Crippen molar-refractivity contribution < 1.29 is 19.4 Å². The number of halogens is 1. The molecule has 1 saturated carbocycles. The second-order valence-corrected chi connectivity index (χ2v) is 9.10. The van der Waals surface area contributed by atoms with Crippen LogP contribution in [-0.4, -0.2) is 29.4 Å². The van der Waals surface area contributed by atoms with Crippen LogP contribution in [0.2, 0.25) is 5.02 Å². The van der Waals surface area contributed by atoms with Gasteiger partial charge < -0.3 is 14.6 Å². The molecule has 164 valence electrons. The summed E-state index contributed by atoms with van der Waals surface area (Å²) >= 11 is 6.05. The number of rotatable bonds is 5. The molecule has 1 aliphatic heterocycles. The minimum atomic E-state index is -0.920. The molecule has 2 aromatic rings. The van der Waals surface area contributed by atoms with Gasteiger partial charge in [-0.2, -0.15) is 0 Å². The fraction of sp³-hybridized carbons (Fsp3) is 0.423. The molecule has 0 saturated heterocycles. The lowest BCUT2D eigenvalue weighted by molar-refractivity contribution is -0.152. The summed E-state index contributed by atoms with van der Waals surface area (Å²) in [7, 11) is 0. The first-order valence-corrected chi connectivity index (χ1v) is 11.4. The Morgan fingerprint density at radius 1 is 1.10 bits per heavy atom. The molecule has 5 heteroatoms. The maximum absolute atomic E-state index is 13.0. The molecule has 4 nitrogen and oxygen atoms in total. The van der Waals surface area contributed by atoms with Crippen molar-refractivity contribution in [1.82, 2.24) is 0 Å². The van der Waals surface area contributed by atoms with Crippen LogP contribution in [0.5, 0.6) is 0 Å². The van der Waals surface area contributed by atoms with Crippen LogP contribution < -0.4 is 0 Å². The van der Waals surface area contributed by atoms with Gasteiger partial charge in [-0.25, -0.2) is 4.79 Å². The first kappa shape index (κ1) is 21.9. The second-order valence-electron chi connectivity index (χ2n) is 8.67. The van der Waals surface area contributed by atoms with Crippen molar-refractivity contribution in [2.75, 3.05) is 6.61 Å². The molecule has 0 amide bonds. The van der Waals surface area contributed by atoms with Crippen molar-refractivity contribution in [1.29, 1.82) is 0 Å². The Hall–Kier alpha value is -2.30. The van der Waals surface area contributed by atoms with Gasteiger partial charge in [-0.1, -0.05) is 36.7 Å². The Labute approximate surface area is 188 Å². The summed E-state index contributed by atoms with van der Waals surface area (Å²) in [4.78, 5) is 13.0. The van der Waals surface area contributed by atoms with Crippen molar-refractivity contribution in [2.24, 2.45) is 0 Å². The number of aliphatic hydroxyl groups excluding tert-OH is 1. The van der Waals surface area contributed by atoms with E-state index in [4.69, 9.17) is 21.1 Å². The predicted octanol–water partition coefficient (Wildman–Crippen LogP) is 6.56. The zero-order valence-electron chi connectivity index (χ0n) is 18.3. The monoisotopic (exact) mass is 440 g/mol. The van der Waals surface area contributed by atoms with Crippen LogP contribution in [0.3, 0.4) is 0 Å². The summed E-state index contributed by atoms with van der Waals surface area (Å²) in [6.07, 6.45) is 3.85. The van der Waals surface area contributed by atoms with Gasteiger partial charge in [0.15, 0.2) is 11.4 Å². The summed E-state index contributed by atoms with van der Waals surface area (Å²) in [6.45, 7) is 6.83. The average molecular weight is 441 g/mol. The van der Waals surface area contributed by atoms with Gasteiger partial charge in [0.1, 0.15) is 5.57 Å². The van der Waals surface area contributed by atoms with E-state index in [1.54, 1.807) is 0 Å². The van der Waals surface area contributed by atoms with Crippen LogP contribution in [0.1, 0.15) is 55.7 Å². The van der Waals surface area contributed by atoms with Crippen molar-refractivity contribution in [3.63, 3.8) is 0 Å². The first-order chi connectivity index (χ1) is 14.8. The van der Waals surface area contributed by atoms with E-state index in [-0.39, 0.29) is 11.9 Å². The van der Waals surface area contributed by atoms with Gasteiger partial charge in [-0.05, 0) is 92.0 Å². The lowest BCUT2D eigenvalue weighted by Gasteiger charge is -2.35. The van der Waals surface area contributed by atoms with Gasteiger partial charge in [-0.15, -0.1) is 0 Å². The van der Waals surface area contributed by atoms with Crippen LogP contribution >= 0.6 is 11.6 Å². The molecule has 1 N–H and O–H groups in total. The summed E-state index contributed by atoms with van der Waals surface area (Å²) < 4.78 is 11.7. The minimum absolute atomic E-state index is 0.0699. The van der Waals surface area contributed by atoms with Gasteiger partial charge in [0.25, 0.3) is 0 Å². The SMILES string of the molecule is CCCOC1CCC2(CC1)OC(=O)C(c1cc(-c3ccc(Cl)cc3)c(C)cc1C)=C2O. The fourth-order valence-electron chi connectivity index (χ4n) is 4.75. The molecule has 2 aliphatic rings. The lowest BCUT2D eigenvalue weighted by Crippen LogP contribution is -2.39. The highest BCUT2D eigenvalue weighted by Crippen LogP contribution is 2.47. The molecular formula is C26H29ClO4. The summed E-state index contributed by atoms with van der Waals surface area (Å²) in [6, 6.07) is 11.7. The Kier molecular flexibility index (Phi) is 6.14. The predicted molar refractivity (Wildman–Crippen MR) is 123 cm³/mol. The zero-order valence-corrected chi connectivity index (χ0v) is 19.1. The molecule has 1 heterocycles. The molecule has 0 radical (unpaired) electrons. The van der Waals surface area contributed by atoms with E-state index in [9.17, 15) is 9.90 Å². The Morgan fingerprint density at radius 2 is 1.74 bits per heavy atom. The van der Waals surface area contributed by atoms with E-state index in [0.29, 0.717) is 23.4 Å². The van der Waals surface area contributed by atoms with Crippen LogP contribution in [-0.2, 0) is 14.3 Å². The number of carbonyl (C=O) groups excluding carboxylic acids is 1. The van der Waals surface area contributed by atoms with E-state index in [2.05, 4.69) is 6.92 Å². The van der Waals surface area contributed by atoms with Crippen LogP contribution in [0.25, 0.3) is 16.7 Å². The van der Waals surface area contributed by atoms with E-state index < -0.39 is 11.6 Å². The molecule has 2 aromatic carbocycles. The third-order valence-corrected chi connectivity index (χ3v) is 6.71.